The predicted octanol–water partition coefficient (Wildman–Crippen LogP) is 2.16. The van der Waals surface area contributed by atoms with E-state index in [9.17, 15) is 0 Å². The zero-order valence-corrected chi connectivity index (χ0v) is 11.1. The van der Waals surface area contributed by atoms with Crippen LogP contribution in [0.3, 0.4) is 0 Å². The molecule has 1 unspecified atom stereocenters. The summed E-state index contributed by atoms with van der Waals surface area (Å²) in [4.78, 5) is 0. The predicted molar refractivity (Wildman–Crippen MR) is 68.6 cm³/mol. The molecule has 16 heavy (non-hydrogen) atoms. The molecule has 0 aromatic carbocycles. The van der Waals surface area contributed by atoms with E-state index >= 15 is 0 Å². The third-order valence-electron chi connectivity index (χ3n) is 3.15. The van der Waals surface area contributed by atoms with E-state index in [1.165, 1.54) is 17.8 Å². The molecule has 0 radical (unpaired) electrons. The second-order valence-electron chi connectivity index (χ2n) is 4.39. The summed E-state index contributed by atoms with van der Waals surface area (Å²) in [5.41, 5.74) is 2.57. The van der Waals surface area contributed by atoms with E-state index in [1.54, 1.807) is 0 Å². The molecular weight excluding hydrogens is 198 g/mol. The molecule has 0 aliphatic heterocycles. The normalized spacial score (nSPS) is 13.0. The molecule has 1 aromatic heterocycles. The van der Waals surface area contributed by atoms with Gasteiger partial charge in [-0.3, -0.25) is 4.68 Å². The summed E-state index contributed by atoms with van der Waals surface area (Å²) >= 11 is 0. The number of hydrogen-bond donors (Lipinski definition) is 1. The van der Waals surface area contributed by atoms with E-state index in [-0.39, 0.29) is 0 Å². The first-order chi connectivity index (χ1) is 7.71. The zero-order valence-electron chi connectivity index (χ0n) is 11.1. The number of nitrogens with one attached hydrogen (secondary N) is 1. The topological polar surface area (TPSA) is 29.9 Å². The van der Waals surface area contributed by atoms with Crippen LogP contribution in [0.1, 0.15) is 38.6 Å². The molecule has 1 aromatic rings. The van der Waals surface area contributed by atoms with Crippen molar-refractivity contribution in [1.82, 2.24) is 15.1 Å². The van der Waals surface area contributed by atoms with Crippen molar-refractivity contribution in [3.8, 4) is 0 Å². The van der Waals surface area contributed by atoms with Gasteiger partial charge in [-0.25, -0.2) is 0 Å². The molecule has 1 heterocycles. The summed E-state index contributed by atoms with van der Waals surface area (Å²) in [6, 6.07) is 2.24. The van der Waals surface area contributed by atoms with Gasteiger partial charge in [0.1, 0.15) is 0 Å². The maximum absolute atomic E-state index is 4.49. The van der Waals surface area contributed by atoms with Crippen molar-refractivity contribution in [1.29, 1.82) is 0 Å². The summed E-state index contributed by atoms with van der Waals surface area (Å²) in [5.74, 6) is 0.722. The standard InChI is InChI=1S/C13H25N3/c1-5-11(10-14-7-3)8-13-9-12(6-2)15-16(13)4/h9,11,14H,5-8,10H2,1-4H3. The van der Waals surface area contributed by atoms with Gasteiger partial charge >= 0.3 is 0 Å². The summed E-state index contributed by atoms with van der Waals surface area (Å²) < 4.78 is 2.04. The molecule has 0 fully saturated rings. The van der Waals surface area contributed by atoms with Crippen LogP contribution in [-0.2, 0) is 19.9 Å². The fourth-order valence-corrected chi connectivity index (χ4v) is 1.94. The highest BCUT2D eigenvalue weighted by Crippen LogP contribution is 2.12. The Morgan fingerprint density at radius 3 is 2.62 bits per heavy atom. The Morgan fingerprint density at radius 1 is 1.38 bits per heavy atom. The van der Waals surface area contributed by atoms with Crippen LogP contribution in [0.4, 0.5) is 0 Å². The van der Waals surface area contributed by atoms with E-state index < -0.39 is 0 Å². The van der Waals surface area contributed by atoms with Gasteiger partial charge in [0, 0.05) is 12.7 Å². The number of nitrogens with zero attached hydrogens (tertiary/aromatic N) is 2. The van der Waals surface area contributed by atoms with Crippen LogP contribution >= 0.6 is 0 Å². The van der Waals surface area contributed by atoms with Crippen molar-refractivity contribution in [3.63, 3.8) is 0 Å². The lowest BCUT2D eigenvalue weighted by Crippen LogP contribution is -2.24. The molecule has 92 valence electrons. The quantitative estimate of drug-likeness (QED) is 0.767. The Bertz CT molecular complexity index is 304. The molecule has 0 amide bonds. The van der Waals surface area contributed by atoms with Crippen LogP contribution in [0.25, 0.3) is 0 Å². The molecule has 1 atom stereocenters. The Hall–Kier alpha value is -0.830. The van der Waals surface area contributed by atoms with Gasteiger partial charge in [-0.2, -0.15) is 5.10 Å². The number of aromatic nitrogens is 2. The average molecular weight is 223 g/mol. The lowest BCUT2D eigenvalue weighted by Gasteiger charge is -2.14. The summed E-state index contributed by atoms with van der Waals surface area (Å²) in [6.07, 6.45) is 3.38. The van der Waals surface area contributed by atoms with E-state index in [2.05, 4.69) is 44.3 Å². The SMILES string of the molecule is CCNCC(CC)Cc1cc(CC)nn1C. The lowest BCUT2D eigenvalue weighted by molar-refractivity contribution is 0.454. The van der Waals surface area contributed by atoms with Gasteiger partial charge in [0.25, 0.3) is 0 Å². The molecular formula is C13H25N3. The Kier molecular flexibility index (Phi) is 5.53. The van der Waals surface area contributed by atoms with Gasteiger partial charge in [0.05, 0.1) is 5.69 Å². The maximum Gasteiger partial charge on any atom is 0.0624 e. The van der Waals surface area contributed by atoms with E-state index in [4.69, 9.17) is 0 Å². The van der Waals surface area contributed by atoms with Crippen LogP contribution in [0.15, 0.2) is 6.07 Å². The third kappa shape index (κ3) is 3.63. The number of rotatable bonds is 7. The monoisotopic (exact) mass is 223 g/mol. The summed E-state index contributed by atoms with van der Waals surface area (Å²) in [7, 11) is 2.05. The summed E-state index contributed by atoms with van der Waals surface area (Å²) in [6.45, 7) is 8.74. The second-order valence-corrected chi connectivity index (χ2v) is 4.39. The van der Waals surface area contributed by atoms with Crippen LogP contribution in [-0.4, -0.2) is 22.9 Å². The molecule has 3 heteroatoms. The first-order valence-electron chi connectivity index (χ1n) is 6.43. The van der Waals surface area contributed by atoms with Gasteiger partial charge in [0.2, 0.25) is 0 Å². The summed E-state index contributed by atoms with van der Waals surface area (Å²) in [5, 5.41) is 7.92. The number of hydrogen-bond acceptors (Lipinski definition) is 2. The highest BCUT2D eigenvalue weighted by Gasteiger charge is 2.11. The van der Waals surface area contributed by atoms with Gasteiger partial charge < -0.3 is 5.32 Å². The van der Waals surface area contributed by atoms with Crippen molar-refractivity contribution in [2.75, 3.05) is 13.1 Å². The molecule has 0 aliphatic rings. The highest BCUT2D eigenvalue weighted by molar-refractivity contribution is 5.10. The molecule has 3 nitrogen and oxygen atoms in total. The van der Waals surface area contributed by atoms with Crippen LogP contribution in [0.5, 0.6) is 0 Å². The van der Waals surface area contributed by atoms with Gasteiger partial charge in [0.15, 0.2) is 0 Å². The zero-order chi connectivity index (χ0) is 12.0. The molecule has 1 rings (SSSR count). The Labute approximate surface area is 99.2 Å². The molecule has 0 saturated heterocycles. The number of aryl methyl sites for hydroxylation is 2. The van der Waals surface area contributed by atoms with Crippen LogP contribution in [0, 0.1) is 5.92 Å². The van der Waals surface area contributed by atoms with Crippen molar-refractivity contribution < 1.29 is 0 Å². The van der Waals surface area contributed by atoms with E-state index in [0.29, 0.717) is 0 Å². The van der Waals surface area contributed by atoms with Crippen molar-refractivity contribution >= 4 is 0 Å². The lowest BCUT2D eigenvalue weighted by atomic mass is 10.00. The van der Waals surface area contributed by atoms with E-state index in [1.807, 2.05) is 4.68 Å². The Balaban J connectivity index is 2.58. The smallest absolute Gasteiger partial charge is 0.0624 e. The largest absolute Gasteiger partial charge is 0.317 e. The minimum absolute atomic E-state index is 0.722. The fraction of sp³-hybridized carbons (Fsp3) is 0.769. The molecule has 0 aliphatic carbocycles. The van der Waals surface area contributed by atoms with Crippen molar-refractivity contribution in [2.45, 2.75) is 40.0 Å². The average Bonchev–Trinajstić information content (AvgIpc) is 2.65. The van der Waals surface area contributed by atoms with Crippen molar-refractivity contribution in [3.05, 3.63) is 17.5 Å². The minimum Gasteiger partial charge on any atom is -0.317 e. The highest BCUT2D eigenvalue weighted by atomic mass is 15.3. The van der Waals surface area contributed by atoms with Gasteiger partial charge in [-0.05, 0) is 37.9 Å². The molecule has 0 saturated carbocycles. The van der Waals surface area contributed by atoms with Gasteiger partial charge in [-0.1, -0.05) is 27.2 Å². The first-order valence-corrected chi connectivity index (χ1v) is 6.43. The molecule has 0 spiro atoms. The second kappa shape index (κ2) is 6.69. The minimum atomic E-state index is 0.722. The Morgan fingerprint density at radius 2 is 2.12 bits per heavy atom. The maximum atomic E-state index is 4.49. The molecule has 0 bridgehead atoms. The van der Waals surface area contributed by atoms with Crippen molar-refractivity contribution in [2.24, 2.45) is 13.0 Å². The molecule has 1 N–H and O–H groups in total. The van der Waals surface area contributed by atoms with Gasteiger partial charge in [-0.15, -0.1) is 0 Å². The fourth-order valence-electron chi connectivity index (χ4n) is 1.94. The van der Waals surface area contributed by atoms with Crippen LogP contribution < -0.4 is 5.32 Å². The third-order valence-corrected chi connectivity index (χ3v) is 3.15. The first kappa shape index (κ1) is 13.2. The van der Waals surface area contributed by atoms with Crippen LogP contribution in [0.2, 0.25) is 0 Å². The van der Waals surface area contributed by atoms with E-state index in [0.717, 1.165) is 31.8 Å².